The number of aromatic nitrogens is 5. The first kappa shape index (κ1) is 19.3. The van der Waals surface area contributed by atoms with Gasteiger partial charge in [0.1, 0.15) is 12.1 Å². The van der Waals surface area contributed by atoms with Gasteiger partial charge in [-0.05, 0) is 48.7 Å². The molecule has 0 aliphatic rings. The van der Waals surface area contributed by atoms with Gasteiger partial charge in [-0.3, -0.25) is 14.7 Å². The van der Waals surface area contributed by atoms with E-state index in [4.69, 9.17) is 4.98 Å². The number of para-hydroxylation sites is 1. The summed E-state index contributed by atoms with van der Waals surface area (Å²) in [5, 5.41) is 9.02. The van der Waals surface area contributed by atoms with Gasteiger partial charge in [0, 0.05) is 12.4 Å². The molecule has 2 aromatic carbocycles. The summed E-state index contributed by atoms with van der Waals surface area (Å²) >= 11 is 1.54. The molecule has 0 spiro atoms. The summed E-state index contributed by atoms with van der Waals surface area (Å²) in [6, 6.07) is 15.6. The largest absolute Gasteiger partial charge is 0.282 e. The third-order valence-corrected chi connectivity index (χ3v) is 6.45. The van der Waals surface area contributed by atoms with Crippen LogP contribution in [0.25, 0.3) is 21.3 Å². The monoisotopic (exact) mass is 428 g/mol. The zero-order valence-corrected chi connectivity index (χ0v) is 18.0. The lowest BCUT2D eigenvalue weighted by Gasteiger charge is -2.20. The van der Waals surface area contributed by atoms with Crippen molar-refractivity contribution in [2.45, 2.75) is 26.9 Å². The fraction of sp³-hybridized carbons (Fsp3) is 0.174. The maximum absolute atomic E-state index is 13.5. The second-order valence-electron chi connectivity index (χ2n) is 7.45. The summed E-state index contributed by atoms with van der Waals surface area (Å²) in [5.41, 5.74) is 5.72. The van der Waals surface area contributed by atoms with E-state index < -0.39 is 0 Å². The molecule has 0 radical (unpaired) electrons. The van der Waals surface area contributed by atoms with Crippen molar-refractivity contribution in [3.05, 3.63) is 77.6 Å². The zero-order valence-electron chi connectivity index (χ0n) is 17.2. The maximum atomic E-state index is 13.5. The standard InChI is InChI=1S/C23H20N6OS/c1-15-9-10-16(2)22-21(15)25-23(31-22)28(13-17-6-5-11-24-12-17)20(30)14-29-19-8-4-3-7-18(19)26-27-29/h3-12H,13-14H2,1-2H3. The summed E-state index contributed by atoms with van der Waals surface area (Å²) in [6.07, 6.45) is 3.50. The number of hydrogen-bond acceptors (Lipinski definition) is 6. The summed E-state index contributed by atoms with van der Waals surface area (Å²) in [5.74, 6) is -0.103. The second kappa shape index (κ2) is 7.88. The van der Waals surface area contributed by atoms with Gasteiger partial charge in [-0.2, -0.15) is 0 Å². The number of hydrogen-bond donors (Lipinski definition) is 0. The zero-order chi connectivity index (χ0) is 21.4. The fourth-order valence-corrected chi connectivity index (χ4v) is 4.68. The molecule has 8 heteroatoms. The van der Waals surface area contributed by atoms with Gasteiger partial charge in [-0.1, -0.05) is 46.9 Å². The van der Waals surface area contributed by atoms with E-state index in [0.29, 0.717) is 11.7 Å². The Morgan fingerprint density at radius 3 is 2.71 bits per heavy atom. The van der Waals surface area contributed by atoms with Crippen LogP contribution >= 0.6 is 11.3 Å². The summed E-state index contributed by atoms with van der Waals surface area (Å²) < 4.78 is 2.74. The minimum atomic E-state index is -0.103. The Hall–Kier alpha value is -3.65. The number of anilines is 1. The number of carbonyl (C=O) groups is 1. The SMILES string of the molecule is Cc1ccc(C)c2sc(N(Cc3cccnc3)C(=O)Cn3nnc4ccccc43)nc12. The second-order valence-corrected chi connectivity index (χ2v) is 8.43. The number of pyridine rings is 1. The lowest BCUT2D eigenvalue weighted by Crippen LogP contribution is -2.33. The van der Waals surface area contributed by atoms with Crippen molar-refractivity contribution in [2.75, 3.05) is 4.90 Å². The Balaban J connectivity index is 1.55. The highest BCUT2D eigenvalue weighted by Crippen LogP contribution is 2.34. The molecular weight excluding hydrogens is 408 g/mol. The van der Waals surface area contributed by atoms with Gasteiger partial charge in [0.25, 0.3) is 5.91 Å². The number of amides is 1. The van der Waals surface area contributed by atoms with E-state index in [0.717, 1.165) is 37.9 Å². The van der Waals surface area contributed by atoms with Crippen molar-refractivity contribution in [3.8, 4) is 0 Å². The van der Waals surface area contributed by atoms with Crippen molar-refractivity contribution in [1.29, 1.82) is 0 Å². The van der Waals surface area contributed by atoms with Gasteiger partial charge in [-0.15, -0.1) is 5.10 Å². The maximum Gasteiger partial charge on any atom is 0.250 e. The van der Waals surface area contributed by atoms with E-state index in [-0.39, 0.29) is 12.5 Å². The number of aryl methyl sites for hydroxylation is 2. The third-order valence-electron chi connectivity index (χ3n) is 5.23. The first-order chi connectivity index (χ1) is 15.1. The predicted molar refractivity (Wildman–Crippen MR) is 122 cm³/mol. The highest BCUT2D eigenvalue weighted by Gasteiger charge is 2.23. The molecule has 0 atom stereocenters. The molecule has 1 amide bonds. The molecule has 0 saturated heterocycles. The lowest BCUT2D eigenvalue weighted by molar-refractivity contribution is -0.119. The van der Waals surface area contributed by atoms with Crippen LogP contribution in [0.1, 0.15) is 16.7 Å². The van der Waals surface area contributed by atoms with Gasteiger partial charge in [0.2, 0.25) is 0 Å². The Morgan fingerprint density at radius 2 is 1.90 bits per heavy atom. The van der Waals surface area contributed by atoms with E-state index in [1.54, 1.807) is 22.0 Å². The van der Waals surface area contributed by atoms with E-state index in [1.165, 1.54) is 11.3 Å². The number of benzene rings is 2. The van der Waals surface area contributed by atoms with Gasteiger partial charge in [0.15, 0.2) is 5.13 Å². The Labute approximate surface area is 183 Å². The van der Waals surface area contributed by atoms with E-state index in [1.807, 2.05) is 43.3 Å². The molecule has 0 N–H and O–H groups in total. The Kier molecular flexibility index (Phi) is 4.91. The number of fused-ring (bicyclic) bond motifs is 2. The van der Waals surface area contributed by atoms with Crippen LogP contribution < -0.4 is 4.90 Å². The van der Waals surface area contributed by atoms with Crippen LogP contribution in [0.15, 0.2) is 60.9 Å². The average Bonchev–Trinajstić information content (AvgIpc) is 3.41. The minimum Gasteiger partial charge on any atom is -0.282 e. The fourth-order valence-electron chi connectivity index (χ4n) is 3.55. The van der Waals surface area contributed by atoms with E-state index in [9.17, 15) is 4.79 Å². The quantitative estimate of drug-likeness (QED) is 0.417. The van der Waals surface area contributed by atoms with Crippen LogP contribution in [0, 0.1) is 13.8 Å². The molecule has 31 heavy (non-hydrogen) atoms. The molecule has 154 valence electrons. The van der Waals surface area contributed by atoms with Crippen LogP contribution in [-0.4, -0.2) is 30.9 Å². The average molecular weight is 429 g/mol. The first-order valence-electron chi connectivity index (χ1n) is 9.94. The van der Waals surface area contributed by atoms with Crippen LogP contribution in [0.3, 0.4) is 0 Å². The van der Waals surface area contributed by atoms with Crippen LogP contribution in [0.4, 0.5) is 5.13 Å². The molecule has 7 nitrogen and oxygen atoms in total. The van der Waals surface area contributed by atoms with Crippen molar-refractivity contribution in [2.24, 2.45) is 0 Å². The highest BCUT2D eigenvalue weighted by atomic mass is 32.1. The molecule has 3 aromatic heterocycles. The van der Waals surface area contributed by atoms with E-state index >= 15 is 0 Å². The van der Waals surface area contributed by atoms with Crippen LogP contribution in [0.2, 0.25) is 0 Å². The van der Waals surface area contributed by atoms with Gasteiger partial charge in [-0.25, -0.2) is 9.67 Å². The Bertz CT molecular complexity index is 1350. The summed E-state index contributed by atoms with van der Waals surface area (Å²) in [7, 11) is 0. The summed E-state index contributed by atoms with van der Waals surface area (Å²) in [4.78, 5) is 24.2. The number of rotatable bonds is 5. The normalized spacial score (nSPS) is 11.3. The molecule has 0 aliphatic heterocycles. The van der Waals surface area contributed by atoms with Crippen LogP contribution in [-0.2, 0) is 17.9 Å². The highest BCUT2D eigenvalue weighted by molar-refractivity contribution is 7.22. The summed E-state index contributed by atoms with van der Waals surface area (Å²) in [6.45, 7) is 4.57. The molecule has 5 rings (SSSR count). The van der Waals surface area contributed by atoms with Crippen molar-refractivity contribution in [1.82, 2.24) is 25.0 Å². The lowest BCUT2D eigenvalue weighted by atomic mass is 10.1. The minimum absolute atomic E-state index is 0.0780. The predicted octanol–water partition coefficient (Wildman–Crippen LogP) is 4.29. The van der Waals surface area contributed by atoms with Crippen molar-refractivity contribution >= 4 is 43.6 Å². The van der Waals surface area contributed by atoms with E-state index in [2.05, 4.69) is 34.4 Å². The number of carbonyl (C=O) groups excluding carboxylic acids is 1. The van der Waals surface area contributed by atoms with Gasteiger partial charge in [0.05, 0.1) is 22.3 Å². The van der Waals surface area contributed by atoms with Gasteiger partial charge >= 0.3 is 0 Å². The van der Waals surface area contributed by atoms with Crippen molar-refractivity contribution in [3.63, 3.8) is 0 Å². The molecule has 0 unspecified atom stereocenters. The molecule has 0 fully saturated rings. The number of nitrogens with zero attached hydrogens (tertiary/aromatic N) is 6. The molecule has 0 bridgehead atoms. The molecular formula is C23H20N6OS. The molecule has 0 aliphatic carbocycles. The van der Waals surface area contributed by atoms with Crippen molar-refractivity contribution < 1.29 is 4.79 Å². The molecule has 3 heterocycles. The molecule has 5 aromatic rings. The molecule has 0 saturated carbocycles. The van der Waals surface area contributed by atoms with Gasteiger partial charge < -0.3 is 0 Å². The third kappa shape index (κ3) is 3.66. The number of thiazole rings is 1. The first-order valence-corrected chi connectivity index (χ1v) is 10.8. The smallest absolute Gasteiger partial charge is 0.250 e. The topological polar surface area (TPSA) is 76.8 Å². The Morgan fingerprint density at radius 1 is 1.06 bits per heavy atom. The van der Waals surface area contributed by atoms with Crippen LogP contribution in [0.5, 0.6) is 0 Å².